The summed E-state index contributed by atoms with van der Waals surface area (Å²) in [6.45, 7) is 2.28. The van der Waals surface area contributed by atoms with Gasteiger partial charge in [0.25, 0.3) is 0 Å². The second kappa shape index (κ2) is 12.1. The molecule has 1 heterocycles. The molecule has 1 aliphatic rings. The van der Waals surface area contributed by atoms with Gasteiger partial charge in [-0.25, -0.2) is 0 Å². The van der Waals surface area contributed by atoms with E-state index in [1.807, 2.05) is 0 Å². The number of hydrogen-bond donors (Lipinski definition) is 0. The lowest BCUT2D eigenvalue weighted by Gasteiger charge is -2.19. The number of hydrogen-bond acceptors (Lipinski definition) is 0. The molecule has 244 valence electrons. The molecule has 1 nitrogen and oxygen atoms in total. The number of fused-ring (bicyclic) bond motifs is 9. The van der Waals surface area contributed by atoms with Gasteiger partial charge in [0.1, 0.15) is 0 Å². The summed E-state index contributed by atoms with van der Waals surface area (Å²) in [5.74, 6) is 0. The zero-order valence-corrected chi connectivity index (χ0v) is 29.0. The van der Waals surface area contributed by atoms with Crippen LogP contribution in [0.15, 0.2) is 152 Å². The molecule has 0 amide bonds. The van der Waals surface area contributed by atoms with E-state index in [4.69, 9.17) is 0 Å². The molecular formula is C50H39N. The molecule has 0 bridgehead atoms. The van der Waals surface area contributed by atoms with Crippen LogP contribution in [0.3, 0.4) is 0 Å². The molecule has 0 saturated heterocycles. The minimum Gasteiger partial charge on any atom is -0.309 e. The first kappa shape index (κ1) is 29.9. The van der Waals surface area contributed by atoms with Gasteiger partial charge >= 0.3 is 0 Å². The fourth-order valence-electron chi connectivity index (χ4n) is 8.78. The maximum atomic E-state index is 2.53. The van der Waals surface area contributed by atoms with Gasteiger partial charge in [0.15, 0.2) is 0 Å². The van der Waals surface area contributed by atoms with Crippen LogP contribution in [-0.2, 0) is 12.8 Å². The molecule has 0 atom stereocenters. The summed E-state index contributed by atoms with van der Waals surface area (Å²) >= 11 is 0. The Kier molecular flexibility index (Phi) is 7.13. The third-order valence-electron chi connectivity index (χ3n) is 11.2. The van der Waals surface area contributed by atoms with E-state index < -0.39 is 0 Å². The highest BCUT2D eigenvalue weighted by Gasteiger charge is 2.20. The van der Waals surface area contributed by atoms with Gasteiger partial charge in [-0.2, -0.15) is 0 Å². The van der Waals surface area contributed by atoms with Crippen molar-refractivity contribution in [3.05, 3.63) is 168 Å². The standard InChI is InChI=1S/C50H39N/c1-2-3-14-33-15-6-13-24-48(33)51-49-27-25-36(44-29-34-16-4-7-18-38(34)40-20-9-11-22-42(40)44)31-46(49)47-32-37(26-28-50(47)51)45-30-35-17-5-8-19-39(35)41-21-10-12-23-43(41)45/h4-9,11-13,15-20,22-32H,2-3,10,14,21H2,1H3. The van der Waals surface area contributed by atoms with Crippen molar-refractivity contribution in [1.29, 1.82) is 0 Å². The van der Waals surface area contributed by atoms with Gasteiger partial charge in [0.05, 0.1) is 11.0 Å². The van der Waals surface area contributed by atoms with Crippen LogP contribution in [0.5, 0.6) is 0 Å². The Balaban J connectivity index is 1.27. The van der Waals surface area contributed by atoms with Crippen molar-refractivity contribution in [2.75, 3.05) is 0 Å². The van der Waals surface area contributed by atoms with Gasteiger partial charge in [-0.3, -0.25) is 0 Å². The highest BCUT2D eigenvalue weighted by molar-refractivity contribution is 6.16. The Labute approximate surface area is 299 Å². The zero-order valence-electron chi connectivity index (χ0n) is 29.0. The lowest BCUT2D eigenvalue weighted by Crippen LogP contribution is -2.00. The highest BCUT2D eigenvalue weighted by atomic mass is 15.0. The van der Waals surface area contributed by atoms with E-state index in [2.05, 4.69) is 169 Å². The number of allylic oxidation sites excluding steroid dienone is 1. The quantitative estimate of drug-likeness (QED) is 0.157. The summed E-state index contributed by atoms with van der Waals surface area (Å²) in [7, 11) is 0. The number of rotatable bonds is 6. The Bertz CT molecular complexity index is 2850. The molecule has 1 heteroatoms. The molecule has 10 rings (SSSR count). The van der Waals surface area contributed by atoms with Gasteiger partial charge in [-0.15, -0.1) is 0 Å². The van der Waals surface area contributed by atoms with Crippen LogP contribution in [0.1, 0.15) is 42.9 Å². The van der Waals surface area contributed by atoms with Crippen molar-refractivity contribution in [3.8, 4) is 27.9 Å². The summed E-state index contributed by atoms with van der Waals surface area (Å²) in [5, 5.41) is 10.5. The summed E-state index contributed by atoms with van der Waals surface area (Å²) in [5.41, 5.74) is 13.2. The molecule has 1 aromatic heterocycles. The molecule has 0 saturated carbocycles. The number of aryl methyl sites for hydroxylation is 2. The molecule has 0 radical (unpaired) electrons. The van der Waals surface area contributed by atoms with Gasteiger partial charge in [0, 0.05) is 16.5 Å². The smallest absolute Gasteiger partial charge is 0.0541 e. The minimum atomic E-state index is 1.07. The first-order valence-corrected chi connectivity index (χ1v) is 18.6. The van der Waals surface area contributed by atoms with E-state index in [1.165, 1.54) is 112 Å². The molecule has 0 spiro atoms. The van der Waals surface area contributed by atoms with Crippen LogP contribution in [0.2, 0.25) is 0 Å². The largest absolute Gasteiger partial charge is 0.309 e. The number of unbranched alkanes of at least 4 members (excludes halogenated alkanes) is 1. The third kappa shape index (κ3) is 4.83. The Morgan fingerprint density at radius 3 is 1.90 bits per heavy atom. The lowest BCUT2D eigenvalue weighted by atomic mass is 9.85. The second-order valence-corrected chi connectivity index (χ2v) is 14.2. The van der Waals surface area contributed by atoms with Crippen molar-refractivity contribution in [1.82, 2.24) is 4.57 Å². The van der Waals surface area contributed by atoms with Crippen LogP contribution in [0.25, 0.3) is 88.1 Å². The van der Waals surface area contributed by atoms with Gasteiger partial charge in [0.2, 0.25) is 0 Å². The zero-order chi connectivity index (χ0) is 33.9. The molecule has 0 aliphatic heterocycles. The number of para-hydroxylation sites is 1. The molecule has 0 fully saturated rings. The maximum Gasteiger partial charge on any atom is 0.0541 e. The van der Waals surface area contributed by atoms with Crippen LogP contribution in [0, 0.1) is 0 Å². The normalized spacial score (nSPS) is 12.8. The van der Waals surface area contributed by atoms with Crippen LogP contribution in [-0.4, -0.2) is 4.57 Å². The van der Waals surface area contributed by atoms with Crippen molar-refractivity contribution >= 4 is 60.2 Å². The van der Waals surface area contributed by atoms with Crippen molar-refractivity contribution in [2.24, 2.45) is 0 Å². The average molecular weight is 654 g/mol. The number of aromatic nitrogens is 1. The van der Waals surface area contributed by atoms with E-state index in [1.54, 1.807) is 0 Å². The van der Waals surface area contributed by atoms with E-state index in [9.17, 15) is 0 Å². The molecule has 0 unspecified atom stereocenters. The molecular weight excluding hydrogens is 615 g/mol. The van der Waals surface area contributed by atoms with Crippen LogP contribution >= 0.6 is 0 Å². The predicted octanol–water partition coefficient (Wildman–Crippen LogP) is 13.9. The molecule has 1 aliphatic carbocycles. The topological polar surface area (TPSA) is 4.93 Å². The molecule has 51 heavy (non-hydrogen) atoms. The first-order valence-electron chi connectivity index (χ1n) is 18.6. The predicted molar refractivity (Wildman–Crippen MR) is 220 cm³/mol. The molecule has 8 aromatic carbocycles. The summed E-state index contributed by atoms with van der Waals surface area (Å²) in [4.78, 5) is 0. The fourth-order valence-corrected chi connectivity index (χ4v) is 8.78. The van der Waals surface area contributed by atoms with Crippen LogP contribution in [0.4, 0.5) is 0 Å². The van der Waals surface area contributed by atoms with Gasteiger partial charge in [-0.1, -0.05) is 129 Å². The van der Waals surface area contributed by atoms with Gasteiger partial charge < -0.3 is 4.57 Å². The van der Waals surface area contributed by atoms with Crippen molar-refractivity contribution in [2.45, 2.75) is 39.0 Å². The van der Waals surface area contributed by atoms with E-state index in [0.29, 0.717) is 0 Å². The highest BCUT2D eigenvalue weighted by Crippen LogP contribution is 2.42. The fraction of sp³-hybridized carbons (Fsp3) is 0.120. The average Bonchev–Trinajstić information content (AvgIpc) is 3.52. The van der Waals surface area contributed by atoms with Gasteiger partial charge in [-0.05, 0) is 139 Å². The Morgan fingerprint density at radius 1 is 0.529 bits per heavy atom. The molecule has 0 N–H and O–H groups in total. The first-order chi connectivity index (χ1) is 25.3. The molecule has 9 aromatic rings. The van der Waals surface area contributed by atoms with Crippen molar-refractivity contribution in [3.63, 3.8) is 0 Å². The maximum absolute atomic E-state index is 2.53. The minimum absolute atomic E-state index is 1.07. The summed E-state index contributed by atoms with van der Waals surface area (Å²) in [6, 6.07) is 54.8. The van der Waals surface area contributed by atoms with Crippen molar-refractivity contribution < 1.29 is 0 Å². The monoisotopic (exact) mass is 653 g/mol. The van der Waals surface area contributed by atoms with E-state index in [-0.39, 0.29) is 0 Å². The SMILES string of the molecule is CCCCc1ccccc1-n1c2ccc(-c3cc4ccccc4c4c3C=CCC4)cc2c2cc(-c3cc4ccccc4c4ccccc34)ccc21. The van der Waals surface area contributed by atoms with E-state index in [0.717, 1.165) is 19.3 Å². The second-order valence-electron chi connectivity index (χ2n) is 14.2. The third-order valence-corrected chi connectivity index (χ3v) is 11.2. The summed E-state index contributed by atoms with van der Waals surface area (Å²) in [6.07, 6.45) is 10.3. The summed E-state index contributed by atoms with van der Waals surface area (Å²) < 4.78 is 2.53. The Hall–Kier alpha value is -5.92. The Morgan fingerprint density at radius 2 is 1.14 bits per heavy atom. The lowest BCUT2D eigenvalue weighted by molar-refractivity contribution is 0.791. The number of benzene rings is 8. The number of nitrogens with zero attached hydrogens (tertiary/aromatic N) is 1. The van der Waals surface area contributed by atoms with E-state index >= 15 is 0 Å². The van der Waals surface area contributed by atoms with Crippen LogP contribution < -0.4 is 0 Å².